The van der Waals surface area contributed by atoms with E-state index in [9.17, 15) is 14.4 Å². The quantitative estimate of drug-likeness (QED) is 0.692. The molecule has 8 heteroatoms. The number of aryl methyl sites for hydroxylation is 1. The number of nitrogens with zero attached hydrogens (tertiary/aromatic N) is 4. The molecule has 0 fully saturated rings. The molecule has 0 spiro atoms. The Balaban J connectivity index is 2.55. The first kappa shape index (κ1) is 12.9. The van der Waals surface area contributed by atoms with Crippen molar-refractivity contribution in [1.29, 1.82) is 0 Å². The second-order valence-electron chi connectivity index (χ2n) is 4.10. The van der Waals surface area contributed by atoms with Crippen LogP contribution in [0, 0.1) is 6.92 Å². The molecule has 100 valence electrons. The number of Topliss-reactive ketones (excluding diaryl/α,β-unsaturated/α-hetero) is 1. The van der Waals surface area contributed by atoms with Crippen LogP contribution >= 0.6 is 0 Å². The highest BCUT2D eigenvalue weighted by atomic mass is 16.5. The van der Waals surface area contributed by atoms with Crippen molar-refractivity contribution in [2.24, 2.45) is 7.05 Å². The van der Waals surface area contributed by atoms with Gasteiger partial charge in [-0.2, -0.15) is 4.98 Å². The van der Waals surface area contributed by atoms with Gasteiger partial charge in [-0.15, -0.1) is 0 Å². The molecule has 0 bridgehead atoms. The highest BCUT2D eigenvalue weighted by Crippen LogP contribution is 1.98. The van der Waals surface area contributed by atoms with Gasteiger partial charge in [-0.05, 0) is 6.92 Å². The van der Waals surface area contributed by atoms with Gasteiger partial charge in [0.25, 0.3) is 5.56 Å². The van der Waals surface area contributed by atoms with Crippen LogP contribution < -0.4 is 11.2 Å². The topological polar surface area (TPSA) is 100.0 Å². The van der Waals surface area contributed by atoms with Crippen LogP contribution in [0.2, 0.25) is 0 Å². The van der Waals surface area contributed by atoms with E-state index in [-0.39, 0.29) is 12.1 Å². The van der Waals surface area contributed by atoms with Crippen LogP contribution in [0.5, 0.6) is 0 Å². The average molecular weight is 264 g/mol. The van der Waals surface area contributed by atoms with E-state index in [0.29, 0.717) is 11.7 Å². The second-order valence-corrected chi connectivity index (χ2v) is 4.10. The fraction of sp³-hybridized carbons (Fsp3) is 0.364. The van der Waals surface area contributed by atoms with Crippen molar-refractivity contribution >= 4 is 5.78 Å². The summed E-state index contributed by atoms with van der Waals surface area (Å²) < 4.78 is 6.87. The Morgan fingerprint density at radius 2 is 2.11 bits per heavy atom. The molecular weight excluding hydrogens is 252 g/mol. The maximum atomic E-state index is 11.9. The third-order valence-corrected chi connectivity index (χ3v) is 2.61. The predicted octanol–water partition coefficient (Wildman–Crippen LogP) is -0.511. The molecule has 2 heterocycles. The van der Waals surface area contributed by atoms with Crippen LogP contribution in [-0.2, 0) is 13.6 Å². The summed E-state index contributed by atoms with van der Waals surface area (Å²) in [4.78, 5) is 38.9. The van der Waals surface area contributed by atoms with Gasteiger partial charge in [0.1, 0.15) is 0 Å². The first-order chi connectivity index (χ1) is 8.90. The Morgan fingerprint density at radius 1 is 1.42 bits per heavy atom. The summed E-state index contributed by atoms with van der Waals surface area (Å²) in [7, 11) is 1.31. The first-order valence-corrected chi connectivity index (χ1v) is 5.50. The van der Waals surface area contributed by atoms with Crippen LogP contribution in [0.3, 0.4) is 0 Å². The highest BCUT2D eigenvalue weighted by molar-refractivity contribution is 5.93. The number of aromatic nitrogens is 4. The summed E-state index contributed by atoms with van der Waals surface area (Å²) in [5.41, 5.74) is -1.21. The molecule has 0 aliphatic rings. The molecule has 0 saturated heterocycles. The number of carbonyl (C=O) groups is 1. The zero-order chi connectivity index (χ0) is 14.2. The lowest BCUT2D eigenvalue weighted by Gasteiger charge is -2.06. The van der Waals surface area contributed by atoms with E-state index in [1.54, 1.807) is 6.92 Å². The maximum Gasteiger partial charge on any atom is 0.331 e. The summed E-state index contributed by atoms with van der Waals surface area (Å²) in [6.45, 7) is 2.93. The molecule has 0 radical (unpaired) electrons. The van der Waals surface area contributed by atoms with E-state index in [2.05, 4.69) is 10.1 Å². The fourth-order valence-corrected chi connectivity index (χ4v) is 1.64. The molecule has 19 heavy (non-hydrogen) atoms. The number of carbonyl (C=O) groups excluding carboxylic acids is 1. The Hall–Kier alpha value is -2.51. The van der Waals surface area contributed by atoms with Gasteiger partial charge in [0, 0.05) is 20.2 Å². The molecular formula is C11H12N4O4. The van der Waals surface area contributed by atoms with Gasteiger partial charge >= 0.3 is 5.69 Å². The van der Waals surface area contributed by atoms with Crippen LogP contribution in [0.25, 0.3) is 0 Å². The Labute approximate surface area is 107 Å². The van der Waals surface area contributed by atoms with Crippen LogP contribution in [-0.4, -0.2) is 25.1 Å². The summed E-state index contributed by atoms with van der Waals surface area (Å²) in [5, 5.41) is 3.66. The van der Waals surface area contributed by atoms with Crippen molar-refractivity contribution in [2.75, 3.05) is 0 Å². The normalized spacial score (nSPS) is 10.7. The molecule has 8 nitrogen and oxygen atoms in total. The standard InChI is InChI=1S/C11H12N4O4/c1-6(16)8-4-15(11(18)14(3)10(8)17)5-9-12-7(2)19-13-9/h4H,5H2,1-3H3. The highest BCUT2D eigenvalue weighted by Gasteiger charge is 2.13. The monoisotopic (exact) mass is 264 g/mol. The van der Waals surface area contributed by atoms with Gasteiger partial charge < -0.3 is 4.52 Å². The average Bonchev–Trinajstić information content (AvgIpc) is 2.75. The molecule has 2 aromatic heterocycles. The molecule has 0 amide bonds. The van der Waals surface area contributed by atoms with Crippen molar-refractivity contribution in [3.63, 3.8) is 0 Å². The molecule has 0 atom stereocenters. The molecule has 0 aliphatic heterocycles. The maximum absolute atomic E-state index is 11.9. The van der Waals surface area contributed by atoms with E-state index in [0.717, 1.165) is 4.57 Å². The summed E-state index contributed by atoms with van der Waals surface area (Å²) in [6.07, 6.45) is 1.22. The van der Waals surface area contributed by atoms with Crippen molar-refractivity contribution < 1.29 is 9.32 Å². The molecule has 0 unspecified atom stereocenters. The van der Waals surface area contributed by atoms with Crippen molar-refractivity contribution in [2.45, 2.75) is 20.4 Å². The minimum absolute atomic E-state index is 0.0323. The second kappa shape index (κ2) is 4.63. The third-order valence-electron chi connectivity index (χ3n) is 2.61. The van der Waals surface area contributed by atoms with E-state index < -0.39 is 17.0 Å². The number of hydrogen-bond donors (Lipinski definition) is 0. The van der Waals surface area contributed by atoms with Crippen molar-refractivity contribution in [3.05, 3.63) is 44.3 Å². The molecule has 0 aromatic carbocycles. The fourth-order valence-electron chi connectivity index (χ4n) is 1.64. The number of hydrogen-bond acceptors (Lipinski definition) is 6. The zero-order valence-electron chi connectivity index (χ0n) is 10.7. The minimum Gasteiger partial charge on any atom is -0.340 e. The molecule has 0 N–H and O–H groups in total. The number of rotatable bonds is 3. The first-order valence-electron chi connectivity index (χ1n) is 5.50. The van der Waals surface area contributed by atoms with Gasteiger partial charge in [-0.1, -0.05) is 5.16 Å². The summed E-state index contributed by atoms with van der Waals surface area (Å²) >= 11 is 0. The third kappa shape index (κ3) is 2.37. The van der Waals surface area contributed by atoms with Crippen LogP contribution in [0.4, 0.5) is 0 Å². The van der Waals surface area contributed by atoms with E-state index in [1.165, 1.54) is 24.7 Å². The van der Waals surface area contributed by atoms with Crippen LogP contribution in [0.1, 0.15) is 29.0 Å². The lowest BCUT2D eigenvalue weighted by Crippen LogP contribution is -2.40. The zero-order valence-corrected chi connectivity index (χ0v) is 10.7. The van der Waals surface area contributed by atoms with Gasteiger partial charge in [0.2, 0.25) is 5.89 Å². The predicted molar refractivity (Wildman–Crippen MR) is 64.1 cm³/mol. The largest absolute Gasteiger partial charge is 0.340 e. The molecule has 2 rings (SSSR count). The van der Waals surface area contributed by atoms with E-state index in [4.69, 9.17) is 4.52 Å². The Kier molecular flexibility index (Phi) is 3.16. The van der Waals surface area contributed by atoms with Gasteiger partial charge in [-0.25, -0.2) is 4.79 Å². The van der Waals surface area contributed by atoms with E-state index >= 15 is 0 Å². The Bertz CT molecular complexity index is 753. The van der Waals surface area contributed by atoms with E-state index in [1.807, 2.05) is 0 Å². The SMILES string of the molecule is CC(=O)c1cn(Cc2noc(C)n2)c(=O)n(C)c1=O. The van der Waals surface area contributed by atoms with Crippen molar-refractivity contribution in [1.82, 2.24) is 19.3 Å². The molecule has 0 aliphatic carbocycles. The lowest BCUT2D eigenvalue weighted by atomic mass is 10.2. The summed E-state index contributed by atoms with van der Waals surface area (Å²) in [6, 6.07) is 0. The van der Waals surface area contributed by atoms with Gasteiger partial charge in [0.15, 0.2) is 11.6 Å². The smallest absolute Gasteiger partial charge is 0.331 e. The minimum atomic E-state index is -0.613. The van der Waals surface area contributed by atoms with Crippen molar-refractivity contribution in [3.8, 4) is 0 Å². The summed E-state index contributed by atoms with van der Waals surface area (Å²) in [5.74, 6) is 0.269. The van der Waals surface area contributed by atoms with Crippen LogP contribution in [0.15, 0.2) is 20.3 Å². The molecule has 0 saturated carbocycles. The lowest BCUT2D eigenvalue weighted by molar-refractivity contribution is 0.101. The Morgan fingerprint density at radius 3 is 2.63 bits per heavy atom. The van der Waals surface area contributed by atoms with Gasteiger partial charge in [0.05, 0.1) is 12.1 Å². The number of ketones is 1. The van der Waals surface area contributed by atoms with Gasteiger partial charge in [-0.3, -0.25) is 18.7 Å². The molecule has 2 aromatic rings.